The number of nitrogens with zero attached hydrogens (tertiary/aromatic N) is 2. The number of ketones is 1. The fourth-order valence-electron chi connectivity index (χ4n) is 5.82. The highest BCUT2D eigenvalue weighted by molar-refractivity contribution is 6.16. The van der Waals surface area contributed by atoms with Crippen LogP contribution in [0.25, 0.3) is 21.8 Å². The first-order chi connectivity index (χ1) is 16.5. The highest BCUT2D eigenvalue weighted by Gasteiger charge is 2.27. The molecule has 0 saturated heterocycles. The van der Waals surface area contributed by atoms with E-state index in [2.05, 4.69) is 47.8 Å². The van der Waals surface area contributed by atoms with Gasteiger partial charge in [-0.25, -0.2) is 0 Å². The van der Waals surface area contributed by atoms with Crippen molar-refractivity contribution in [3.05, 3.63) is 82.9 Å². The summed E-state index contributed by atoms with van der Waals surface area (Å²) in [6.07, 6.45) is 4.91. The van der Waals surface area contributed by atoms with Gasteiger partial charge >= 0.3 is 0 Å². The summed E-state index contributed by atoms with van der Waals surface area (Å²) in [5.41, 5.74) is 6.38. The van der Waals surface area contributed by atoms with Gasteiger partial charge in [0.25, 0.3) is 0 Å². The number of hydrogen-bond acceptors (Lipinski definition) is 3. The van der Waals surface area contributed by atoms with Crippen LogP contribution in [0, 0.1) is 18.8 Å². The van der Waals surface area contributed by atoms with Crippen LogP contribution >= 0.6 is 0 Å². The first-order valence-electron chi connectivity index (χ1n) is 12.4. The molecule has 0 amide bonds. The minimum Gasteiger partial charge on any atom is -0.411 e. The number of aryl methyl sites for hydroxylation is 2. The predicted octanol–water partition coefficient (Wildman–Crippen LogP) is 7.36. The summed E-state index contributed by atoms with van der Waals surface area (Å²) in [6, 6.07) is 20.1. The molecule has 0 bridgehead atoms. The molecule has 0 aliphatic heterocycles. The van der Waals surface area contributed by atoms with Gasteiger partial charge < -0.3 is 9.77 Å². The normalized spacial score (nSPS) is 15.9. The monoisotopic (exact) mass is 452 g/mol. The Morgan fingerprint density at radius 2 is 1.62 bits per heavy atom. The first-order valence-corrected chi connectivity index (χ1v) is 12.4. The lowest BCUT2D eigenvalue weighted by molar-refractivity contribution is 0.103. The highest BCUT2D eigenvalue weighted by Crippen LogP contribution is 2.35. The molecule has 34 heavy (non-hydrogen) atoms. The van der Waals surface area contributed by atoms with E-state index in [9.17, 15) is 10.0 Å². The standard InChI is InChI=1S/C30H32N2O2/c1-4-32-27-15-13-22(29(31-34)20(3)21-10-6-7-11-21)17-25(27)26-18-23(14-16-28(26)32)30(33)24-12-8-5-9-19(24)2/h5,8-9,12-18,20-21,34H,4,6-7,10-11H2,1-3H3. The number of carbonyl (C=O) groups is 1. The molecule has 0 radical (unpaired) electrons. The molecule has 1 aliphatic carbocycles. The second-order valence-corrected chi connectivity index (χ2v) is 9.67. The molecule has 1 N–H and O–H groups in total. The third kappa shape index (κ3) is 3.71. The van der Waals surface area contributed by atoms with Crippen LogP contribution in [0.1, 0.15) is 66.6 Å². The molecular formula is C30H32N2O2. The maximum Gasteiger partial charge on any atom is 0.193 e. The Bertz CT molecular complexity index is 1410. The summed E-state index contributed by atoms with van der Waals surface area (Å²) in [7, 11) is 0. The summed E-state index contributed by atoms with van der Waals surface area (Å²) >= 11 is 0. The number of fused-ring (bicyclic) bond motifs is 3. The van der Waals surface area contributed by atoms with Gasteiger partial charge in [-0.2, -0.15) is 0 Å². The summed E-state index contributed by atoms with van der Waals surface area (Å²) in [5.74, 6) is 0.820. The first kappa shape index (κ1) is 22.4. The second kappa shape index (κ2) is 9.09. The molecule has 1 saturated carbocycles. The Hall–Kier alpha value is -3.40. The second-order valence-electron chi connectivity index (χ2n) is 9.67. The predicted molar refractivity (Wildman–Crippen MR) is 139 cm³/mol. The van der Waals surface area contributed by atoms with Crippen LogP contribution in [0.2, 0.25) is 0 Å². The zero-order chi connectivity index (χ0) is 23.8. The minimum absolute atomic E-state index is 0.0426. The highest BCUT2D eigenvalue weighted by atomic mass is 16.4. The molecule has 4 nitrogen and oxygen atoms in total. The van der Waals surface area contributed by atoms with Crippen molar-refractivity contribution in [3.63, 3.8) is 0 Å². The van der Waals surface area contributed by atoms with Crippen LogP contribution in [0.3, 0.4) is 0 Å². The van der Waals surface area contributed by atoms with Gasteiger partial charge in [0, 0.05) is 51.0 Å². The van der Waals surface area contributed by atoms with Crippen molar-refractivity contribution in [2.45, 2.75) is 53.0 Å². The Morgan fingerprint density at radius 3 is 2.24 bits per heavy atom. The molecule has 5 rings (SSSR count). The molecule has 1 aromatic heterocycles. The zero-order valence-corrected chi connectivity index (χ0v) is 20.2. The zero-order valence-electron chi connectivity index (χ0n) is 20.2. The van der Waals surface area contributed by atoms with Crippen molar-refractivity contribution < 1.29 is 10.0 Å². The van der Waals surface area contributed by atoms with Gasteiger partial charge in [-0.15, -0.1) is 0 Å². The number of carbonyl (C=O) groups excluding carboxylic acids is 1. The molecule has 0 spiro atoms. The lowest BCUT2D eigenvalue weighted by Gasteiger charge is -2.20. The van der Waals surface area contributed by atoms with Crippen molar-refractivity contribution in [2.75, 3.05) is 0 Å². The van der Waals surface area contributed by atoms with E-state index in [-0.39, 0.29) is 11.7 Å². The third-order valence-electron chi connectivity index (χ3n) is 7.77. The van der Waals surface area contributed by atoms with E-state index < -0.39 is 0 Å². The van der Waals surface area contributed by atoms with Crippen molar-refractivity contribution >= 4 is 33.3 Å². The molecule has 1 aliphatic rings. The van der Waals surface area contributed by atoms with E-state index in [1.807, 2.05) is 43.3 Å². The fraction of sp³-hybridized carbons (Fsp3) is 0.333. The van der Waals surface area contributed by atoms with E-state index in [1.165, 1.54) is 25.7 Å². The average Bonchev–Trinajstić information content (AvgIpc) is 3.50. The third-order valence-corrected chi connectivity index (χ3v) is 7.77. The number of benzene rings is 3. The van der Waals surface area contributed by atoms with E-state index in [4.69, 9.17) is 0 Å². The summed E-state index contributed by atoms with van der Waals surface area (Å²) < 4.78 is 2.28. The molecular weight excluding hydrogens is 420 g/mol. The Kier molecular flexibility index (Phi) is 5.99. The van der Waals surface area contributed by atoms with Crippen molar-refractivity contribution in [3.8, 4) is 0 Å². The SMILES string of the molecule is CCn1c2ccc(C(=O)c3ccccc3C)cc2c2cc(C(=NO)C(C)C3CCCC3)ccc21. The summed E-state index contributed by atoms with van der Waals surface area (Å²) in [4.78, 5) is 13.3. The van der Waals surface area contributed by atoms with Gasteiger partial charge in [-0.05, 0) is 68.5 Å². The molecule has 3 aromatic carbocycles. The molecule has 1 fully saturated rings. The van der Waals surface area contributed by atoms with Gasteiger partial charge in [0.05, 0.1) is 5.71 Å². The lowest BCUT2D eigenvalue weighted by atomic mass is 9.85. The number of oxime groups is 1. The Labute approximate surface area is 200 Å². The number of aromatic nitrogens is 1. The van der Waals surface area contributed by atoms with Gasteiger partial charge in [0.1, 0.15) is 0 Å². The van der Waals surface area contributed by atoms with Crippen LogP contribution in [0.5, 0.6) is 0 Å². The summed E-state index contributed by atoms with van der Waals surface area (Å²) in [6.45, 7) is 7.14. The van der Waals surface area contributed by atoms with Crippen molar-refractivity contribution in [2.24, 2.45) is 17.0 Å². The molecule has 1 unspecified atom stereocenters. The molecule has 1 atom stereocenters. The quantitative estimate of drug-likeness (QED) is 0.144. The van der Waals surface area contributed by atoms with Crippen LogP contribution in [-0.4, -0.2) is 21.3 Å². The van der Waals surface area contributed by atoms with E-state index in [0.717, 1.165) is 50.8 Å². The molecule has 4 heteroatoms. The largest absolute Gasteiger partial charge is 0.411 e. The fourth-order valence-corrected chi connectivity index (χ4v) is 5.82. The van der Waals surface area contributed by atoms with Crippen LogP contribution in [0.15, 0.2) is 65.8 Å². The van der Waals surface area contributed by atoms with Crippen LogP contribution < -0.4 is 0 Å². The van der Waals surface area contributed by atoms with Gasteiger partial charge in [-0.3, -0.25) is 4.79 Å². The maximum absolute atomic E-state index is 13.3. The van der Waals surface area contributed by atoms with Gasteiger partial charge in [-0.1, -0.05) is 55.3 Å². The minimum atomic E-state index is 0.0426. The average molecular weight is 453 g/mol. The van der Waals surface area contributed by atoms with Crippen LogP contribution in [-0.2, 0) is 6.54 Å². The van der Waals surface area contributed by atoms with Crippen molar-refractivity contribution in [1.29, 1.82) is 0 Å². The smallest absolute Gasteiger partial charge is 0.193 e. The van der Waals surface area contributed by atoms with E-state index in [0.29, 0.717) is 11.5 Å². The Balaban J connectivity index is 1.64. The van der Waals surface area contributed by atoms with E-state index >= 15 is 0 Å². The van der Waals surface area contributed by atoms with Crippen molar-refractivity contribution in [1.82, 2.24) is 4.57 Å². The lowest BCUT2D eigenvalue weighted by Crippen LogP contribution is -2.20. The van der Waals surface area contributed by atoms with E-state index in [1.54, 1.807) is 0 Å². The van der Waals surface area contributed by atoms with Crippen LogP contribution in [0.4, 0.5) is 0 Å². The molecule has 4 aromatic rings. The molecule has 174 valence electrons. The number of rotatable bonds is 6. The maximum atomic E-state index is 13.3. The van der Waals surface area contributed by atoms with Gasteiger partial charge in [0.2, 0.25) is 0 Å². The molecule has 1 heterocycles. The summed E-state index contributed by atoms with van der Waals surface area (Å²) in [5, 5.41) is 15.9. The number of hydrogen-bond donors (Lipinski definition) is 1. The van der Waals surface area contributed by atoms with Gasteiger partial charge in [0.15, 0.2) is 5.78 Å². The topological polar surface area (TPSA) is 54.6 Å². The Morgan fingerprint density at radius 1 is 1.00 bits per heavy atom.